The molecule has 1 aliphatic rings. The van der Waals surface area contributed by atoms with Gasteiger partial charge in [0.15, 0.2) is 0 Å². The molecule has 1 aliphatic heterocycles. The van der Waals surface area contributed by atoms with E-state index < -0.39 is 5.60 Å². The molecule has 0 aliphatic carbocycles. The van der Waals surface area contributed by atoms with E-state index in [2.05, 4.69) is 5.32 Å². The molecule has 0 saturated carbocycles. The third-order valence-corrected chi connectivity index (χ3v) is 5.36. The summed E-state index contributed by atoms with van der Waals surface area (Å²) in [6.07, 6.45) is 4.54. The summed E-state index contributed by atoms with van der Waals surface area (Å²) in [5.41, 5.74) is -0.401. The summed E-state index contributed by atoms with van der Waals surface area (Å²) in [4.78, 5) is 11.3. The Morgan fingerprint density at radius 3 is 2.76 bits per heavy atom. The van der Waals surface area contributed by atoms with Crippen LogP contribution in [0.4, 0.5) is 4.79 Å². The number of carbonyl (C=O) groups excluding carboxylic acids is 1. The predicted molar refractivity (Wildman–Crippen MR) is 76.5 cm³/mol. The third-order valence-electron chi connectivity index (χ3n) is 2.35. The molecule has 1 saturated heterocycles. The minimum atomic E-state index is -0.401. The average molecular weight is 277 g/mol. The Labute approximate surface area is 112 Å². The first-order valence-corrected chi connectivity index (χ1v) is 8.61. The van der Waals surface area contributed by atoms with Gasteiger partial charge >= 0.3 is 6.09 Å². The number of ether oxygens (including phenoxy) is 1. The Morgan fingerprint density at radius 2 is 2.18 bits per heavy atom. The van der Waals surface area contributed by atoms with Crippen LogP contribution in [0.25, 0.3) is 0 Å². The second kappa shape index (κ2) is 7.41. The smallest absolute Gasteiger partial charge is 0.407 e. The lowest BCUT2D eigenvalue weighted by molar-refractivity contribution is 0.0527. The van der Waals surface area contributed by atoms with Gasteiger partial charge < -0.3 is 10.1 Å². The molecule has 100 valence electrons. The summed E-state index contributed by atoms with van der Waals surface area (Å²) in [6, 6.07) is 0. The van der Waals surface area contributed by atoms with Crippen LogP contribution in [0.1, 0.15) is 46.5 Å². The zero-order valence-electron chi connectivity index (χ0n) is 11.0. The summed E-state index contributed by atoms with van der Waals surface area (Å²) in [5.74, 6) is 1.30. The van der Waals surface area contributed by atoms with E-state index in [1.54, 1.807) is 0 Å². The second-order valence-corrected chi connectivity index (χ2v) is 8.04. The number of amides is 1. The van der Waals surface area contributed by atoms with E-state index in [4.69, 9.17) is 4.74 Å². The van der Waals surface area contributed by atoms with Crippen LogP contribution in [0.15, 0.2) is 0 Å². The third kappa shape index (κ3) is 7.82. The summed E-state index contributed by atoms with van der Waals surface area (Å²) >= 11 is 0. The van der Waals surface area contributed by atoms with Crippen molar-refractivity contribution in [2.24, 2.45) is 0 Å². The molecule has 0 aromatic rings. The van der Waals surface area contributed by atoms with Gasteiger partial charge in [0.2, 0.25) is 0 Å². The molecule has 1 amide bonds. The van der Waals surface area contributed by atoms with Crippen LogP contribution in [0.2, 0.25) is 0 Å². The number of unbranched alkanes of at least 4 members (excludes halogenated alkanes) is 1. The van der Waals surface area contributed by atoms with Crippen molar-refractivity contribution in [2.45, 2.75) is 57.3 Å². The van der Waals surface area contributed by atoms with Crippen molar-refractivity contribution in [3.63, 3.8) is 0 Å². The van der Waals surface area contributed by atoms with E-state index in [-0.39, 0.29) is 6.09 Å². The highest BCUT2D eigenvalue weighted by Crippen LogP contribution is 2.39. The van der Waals surface area contributed by atoms with Gasteiger partial charge in [-0.25, -0.2) is 4.79 Å². The molecule has 0 bridgehead atoms. The lowest BCUT2D eigenvalue weighted by Gasteiger charge is -2.19. The second-order valence-electron chi connectivity index (χ2n) is 5.25. The molecule has 1 rings (SSSR count). The van der Waals surface area contributed by atoms with E-state index in [0.717, 1.165) is 18.2 Å². The Morgan fingerprint density at radius 1 is 1.41 bits per heavy atom. The van der Waals surface area contributed by atoms with Gasteiger partial charge in [0.1, 0.15) is 5.60 Å². The Hall–Kier alpha value is -0.0300. The minimum Gasteiger partial charge on any atom is -0.444 e. The van der Waals surface area contributed by atoms with Crippen LogP contribution < -0.4 is 5.32 Å². The molecule has 1 atom stereocenters. The molecule has 0 aromatic carbocycles. The average Bonchev–Trinajstić information content (AvgIpc) is 2.67. The van der Waals surface area contributed by atoms with Gasteiger partial charge in [-0.1, -0.05) is 28.0 Å². The van der Waals surface area contributed by atoms with Crippen molar-refractivity contribution >= 4 is 27.7 Å². The highest BCUT2D eigenvalue weighted by molar-refractivity contribution is 8.77. The molecular formula is C12H23NO2S2. The maximum Gasteiger partial charge on any atom is 0.407 e. The quantitative estimate of drug-likeness (QED) is 0.612. The number of carbonyl (C=O) groups is 1. The van der Waals surface area contributed by atoms with E-state index in [1.807, 2.05) is 42.4 Å². The molecular weight excluding hydrogens is 254 g/mol. The van der Waals surface area contributed by atoms with Gasteiger partial charge in [-0.3, -0.25) is 0 Å². The van der Waals surface area contributed by atoms with Gasteiger partial charge in [-0.15, -0.1) is 0 Å². The first-order chi connectivity index (χ1) is 7.97. The maximum absolute atomic E-state index is 11.3. The Kier molecular flexibility index (Phi) is 6.55. The molecule has 5 heteroatoms. The van der Waals surface area contributed by atoms with Gasteiger partial charge in [0.25, 0.3) is 0 Å². The fraction of sp³-hybridized carbons (Fsp3) is 0.917. The predicted octanol–water partition coefficient (Wildman–Crippen LogP) is 3.84. The van der Waals surface area contributed by atoms with Crippen molar-refractivity contribution in [1.29, 1.82) is 0 Å². The number of alkyl carbamates (subject to hydrolysis) is 1. The summed E-state index contributed by atoms with van der Waals surface area (Å²) in [7, 11) is 4.00. The van der Waals surface area contributed by atoms with Crippen molar-refractivity contribution < 1.29 is 9.53 Å². The van der Waals surface area contributed by atoms with E-state index in [0.29, 0.717) is 0 Å². The zero-order chi connectivity index (χ0) is 12.7. The van der Waals surface area contributed by atoms with E-state index >= 15 is 0 Å². The maximum atomic E-state index is 11.3. The van der Waals surface area contributed by atoms with E-state index in [9.17, 15) is 4.79 Å². The van der Waals surface area contributed by atoms with Crippen LogP contribution in [0, 0.1) is 0 Å². The lowest BCUT2D eigenvalue weighted by atomic mass is 10.1. The largest absolute Gasteiger partial charge is 0.444 e. The van der Waals surface area contributed by atoms with Gasteiger partial charge in [-0.2, -0.15) is 0 Å². The number of hydrogen-bond donors (Lipinski definition) is 1. The van der Waals surface area contributed by atoms with Gasteiger partial charge in [-0.05, 0) is 40.0 Å². The van der Waals surface area contributed by atoms with Crippen molar-refractivity contribution in [1.82, 2.24) is 5.32 Å². The topological polar surface area (TPSA) is 38.3 Å². The number of hydrogen-bond acceptors (Lipinski definition) is 4. The van der Waals surface area contributed by atoms with Gasteiger partial charge in [0.05, 0.1) is 0 Å². The van der Waals surface area contributed by atoms with Crippen molar-refractivity contribution in [3.8, 4) is 0 Å². The van der Waals surface area contributed by atoms with Gasteiger partial charge in [0, 0.05) is 17.5 Å². The first kappa shape index (κ1) is 15.0. The highest BCUT2D eigenvalue weighted by atomic mass is 33.1. The summed E-state index contributed by atoms with van der Waals surface area (Å²) in [6.45, 7) is 6.35. The minimum absolute atomic E-state index is 0.303. The highest BCUT2D eigenvalue weighted by Gasteiger charge is 2.17. The molecule has 0 spiro atoms. The van der Waals surface area contributed by atoms with Crippen molar-refractivity contribution in [2.75, 3.05) is 12.3 Å². The summed E-state index contributed by atoms with van der Waals surface area (Å²) < 4.78 is 5.16. The Balaban J connectivity index is 1.94. The Bertz CT molecular complexity index is 235. The molecule has 1 heterocycles. The monoisotopic (exact) mass is 277 g/mol. The van der Waals surface area contributed by atoms with E-state index in [1.165, 1.54) is 25.0 Å². The molecule has 3 nitrogen and oxygen atoms in total. The zero-order valence-corrected chi connectivity index (χ0v) is 12.6. The fourth-order valence-electron chi connectivity index (χ4n) is 1.57. The van der Waals surface area contributed by atoms with Crippen LogP contribution in [0.3, 0.4) is 0 Å². The number of nitrogens with one attached hydrogen (secondary N) is 1. The standard InChI is InChI=1S/C12H23NO2S2/c1-12(2,3)15-11(14)13-8-5-4-6-10-7-9-16-17-10/h10H,4-9H2,1-3H3,(H,13,14)/t10-/m0/s1. The van der Waals surface area contributed by atoms with Crippen molar-refractivity contribution in [3.05, 3.63) is 0 Å². The molecule has 1 N–H and O–H groups in total. The SMILES string of the molecule is CC(C)(C)OC(=O)NCCCC[C@H]1CCSS1. The molecule has 0 radical (unpaired) electrons. The number of rotatable bonds is 5. The van der Waals surface area contributed by atoms with Crippen LogP contribution in [0.5, 0.6) is 0 Å². The lowest BCUT2D eigenvalue weighted by Crippen LogP contribution is -2.33. The summed E-state index contributed by atoms with van der Waals surface area (Å²) in [5, 5.41) is 3.63. The normalized spacial score (nSPS) is 20.3. The van der Waals surface area contributed by atoms with Crippen LogP contribution >= 0.6 is 21.6 Å². The molecule has 1 fully saturated rings. The molecule has 17 heavy (non-hydrogen) atoms. The first-order valence-electron chi connectivity index (χ1n) is 6.22. The molecule has 0 unspecified atom stereocenters. The van der Waals surface area contributed by atoms with Crippen LogP contribution in [-0.4, -0.2) is 29.2 Å². The fourth-order valence-corrected chi connectivity index (χ4v) is 4.59. The van der Waals surface area contributed by atoms with Crippen LogP contribution in [-0.2, 0) is 4.74 Å². The molecule has 0 aromatic heterocycles.